The second kappa shape index (κ2) is 34.3. The van der Waals surface area contributed by atoms with Crippen molar-refractivity contribution in [1.82, 2.24) is 0 Å². The van der Waals surface area contributed by atoms with Crippen LogP contribution in [0.4, 0.5) is 0 Å². The highest BCUT2D eigenvalue weighted by molar-refractivity contribution is 7.47. The van der Waals surface area contributed by atoms with E-state index in [9.17, 15) is 44.6 Å². The van der Waals surface area contributed by atoms with E-state index in [1.165, 1.54) is 109 Å². The van der Waals surface area contributed by atoms with Crippen LogP contribution in [0.1, 0.15) is 193 Å². The van der Waals surface area contributed by atoms with E-state index in [1.807, 2.05) is 6.08 Å². The smallest absolute Gasteiger partial charge is 0.462 e. The van der Waals surface area contributed by atoms with E-state index in [0.717, 1.165) is 51.4 Å². The lowest BCUT2D eigenvalue weighted by molar-refractivity contribution is -0.220. The molecule has 0 aliphatic heterocycles. The number of esters is 2. The van der Waals surface area contributed by atoms with Crippen molar-refractivity contribution in [3.63, 3.8) is 0 Å². The second-order valence-corrected chi connectivity index (χ2v) is 17.4. The third kappa shape index (κ3) is 27.1. The lowest BCUT2D eigenvalue weighted by Gasteiger charge is -2.41. The van der Waals surface area contributed by atoms with Crippen LogP contribution in [0.25, 0.3) is 0 Å². The van der Waals surface area contributed by atoms with E-state index in [0.29, 0.717) is 12.8 Å². The van der Waals surface area contributed by atoms with Crippen LogP contribution in [0, 0.1) is 0 Å². The number of ether oxygens (including phenoxy) is 2. The van der Waals surface area contributed by atoms with Crippen LogP contribution in [0.15, 0.2) is 12.7 Å². The summed E-state index contributed by atoms with van der Waals surface area (Å²) in [6.45, 7) is 4.83. The number of allylic oxidation sites excluding steroid dienone is 1. The predicted molar refractivity (Wildman–Crippen MR) is 221 cm³/mol. The molecular formula is C43H81O13P. The zero-order valence-corrected chi connectivity index (χ0v) is 36.1. The summed E-state index contributed by atoms with van der Waals surface area (Å²) in [5.41, 5.74) is 0. The Morgan fingerprint density at radius 1 is 0.561 bits per heavy atom. The van der Waals surface area contributed by atoms with E-state index < -0.39 is 75.7 Å². The summed E-state index contributed by atoms with van der Waals surface area (Å²) in [7, 11) is -5.11. The van der Waals surface area contributed by atoms with Gasteiger partial charge in [0, 0.05) is 12.8 Å². The Labute approximate surface area is 343 Å². The fourth-order valence-electron chi connectivity index (χ4n) is 7.09. The van der Waals surface area contributed by atoms with Gasteiger partial charge in [-0.05, 0) is 25.7 Å². The van der Waals surface area contributed by atoms with E-state index >= 15 is 0 Å². The molecule has 0 aromatic heterocycles. The molecule has 0 saturated heterocycles. The standard InChI is InChI=1S/C43H81O13P/c1-3-5-7-9-11-13-15-17-18-20-22-24-26-28-30-32-37(45)55-35(34-54-57(51,52)56-43-41(49)39(47)38(46)40(48)42(43)50)33-53-36(44)31-29-27-25-23-21-19-16-14-12-10-8-6-4-2/h3,35,38-43,46-50H,1,4-34H2,2H3,(H,51,52)/t35-,38?,39-,40?,41?,42?,43?/m1/s1. The molecule has 1 aliphatic rings. The number of phosphoric acid groups is 1. The molecule has 1 rings (SSSR count). The van der Waals surface area contributed by atoms with Crippen LogP contribution in [0.5, 0.6) is 0 Å². The van der Waals surface area contributed by atoms with Gasteiger partial charge in [-0.25, -0.2) is 4.57 Å². The van der Waals surface area contributed by atoms with Gasteiger partial charge < -0.3 is 39.9 Å². The molecule has 0 amide bonds. The van der Waals surface area contributed by atoms with Crippen LogP contribution < -0.4 is 0 Å². The molecule has 336 valence electrons. The van der Waals surface area contributed by atoms with E-state index in [-0.39, 0.29) is 12.8 Å². The zero-order chi connectivity index (χ0) is 42.2. The highest BCUT2D eigenvalue weighted by Gasteiger charge is 2.51. The number of aliphatic hydroxyl groups excluding tert-OH is 5. The summed E-state index contributed by atoms with van der Waals surface area (Å²) < 4.78 is 33.5. The second-order valence-electron chi connectivity index (χ2n) is 16.0. The van der Waals surface area contributed by atoms with Crippen molar-refractivity contribution in [2.24, 2.45) is 0 Å². The molecule has 13 nitrogen and oxygen atoms in total. The third-order valence-corrected chi connectivity index (χ3v) is 11.7. The molecule has 0 spiro atoms. The average molecular weight is 837 g/mol. The van der Waals surface area contributed by atoms with Crippen LogP contribution in [-0.4, -0.2) is 98.3 Å². The molecule has 1 fully saturated rings. The molecule has 0 aromatic carbocycles. The van der Waals surface area contributed by atoms with Crippen molar-refractivity contribution in [3.05, 3.63) is 12.7 Å². The topological polar surface area (TPSA) is 210 Å². The Morgan fingerprint density at radius 3 is 1.35 bits per heavy atom. The van der Waals surface area contributed by atoms with E-state index in [1.54, 1.807) is 0 Å². The molecule has 0 radical (unpaired) electrons. The van der Waals surface area contributed by atoms with Gasteiger partial charge in [-0.15, -0.1) is 6.58 Å². The maximum absolute atomic E-state index is 12.8. The molecule has 6 unspecified atom stereocenters. The predicted octanol–water partition coefficient (Wildman–Crippen LogP) is 8.28. The lowest BCUT2D eigenvalue weighted by Crippen LogP contribution is -2.64. The molecule has 0 heterocycles. The van der Waals surface area contributed by atoms with Gasteiger partial charge in [-0.2, -0.15) is 0 Å². The van der Waals surface area contributed by atoms with Gasteiger partial charge in [0.1, 0.15) is 43.2 Å². The molecule has 0 bridgehead atoms. The minimum atomic E-state index is -5.11. The Hall–Kier alpha value is -1.41. The highest BCUT2D eigenvalue weighted by Crippen LogP contribution is 2.47. The van der Waals surface area contributed by atoms with Crippen molar-refractivity contribution < 1.29 is 63.1 Å². The monoisotopic (exact) mass is 837 g/mol. The number of hydrogen-bond acceptors (Lipinski definition) is 12. The van der Waals surface area contributed by atoms with Gasteiger partial charge in [-0.1, -0.05) is 161 Å². The van der Waals surface area contributed by atoms with E-state index in [2.05, 4.69) is 13.5 Å². The molecule has 8 atom stereocenters. The number of hydrogen-bond donors (Lipinski definition) is 6. The largest absolute Gasteiger partial charge is 0.472 e. The van der Waals surface area contributed by atoms with Gasteiger partial charge in [-0.3, -0.25) is 18.6 Å². The first-order chi connectivity index (χ1) is 27.4. The van der Waals surface area contributed by atoms with Gasteiger partial charge in [0.2, 0.25) is 0 Å². The average Bonchev–Trinajstić information content (AvgIpc) is 3.19. The number of aliphatic hydroxyl groups is 5. The molecule has 0 aromatic rings. The Morgan fingerprint density at radius 2 is 0.930 bits per heavy atom. The zero-order valence-electron chi connectivity index (χ0n) is 35.2. The van der Waals surface area contributed by atoms with Crippen molar-refractivity contribution in [1.29, 1.82) is 0 Å². The van der Waals surface area contributed by atoms with Crippen LogP contribution in [0.3, 0.4) is 0 Å². The fourth-order valence-corrected chi connectivity index (χ4v) is 8.06. The van der Waals surface area contributed by atoms with Gasteiger partial charge in [0.05, 0.1) is 6.61 Å². The molecule has 1 saturated carbocycles. The minimum absolute atomic E-state index is 0.0993. The number of unbranched alkanes of at least 4 members (excludes halogenated alkanes) is 25. The minimum Gasteiger partial charge on any atom is -0.462 e. The number of carbonyl (C=O) groups is 2. The highest BCUT2D eigenvalue weighted by atomic mass is 31.2. The number of rotatable bonds is 38. The quantitative estimate of drug-likeness (QED) is 0.0150. The van der Waals surface area contributed by atoms with Crippen molar-refractivity contribution in [3.8, 4) is 0 Å². The summed E-state index contributed by atoms with van der Waals surface area (Å²) in [6, 6.07) is 0. The van der Waals surface area contributed by atoms with Gasteiger partial charge >= 0.3 is 19.8 Å². The Bertz CT molecular complexity index is 1050. The first-order valence-electron chi connectivity index (χ1n) is 22.5. The molecule has 57 heavy (non-hydrogen) atoms. The first kappa shape index (κ1) is 53.6. The van der Waals surface area contributed by atoms with Crippen LogP contribution in [-0.2, 0) is 32.7 Å². The molecular weight excluding hydrogens is 755 g/mol. The third-order valence-electron chi connectivity index (χ3n) is 10.8. The number of carbonyl (C=O) groups excluding carboxylic acids is 2. The van der Waals surface area contributed by atoms with Gasteiger partial charge in [0.25, 0.3) is 0 Å². The van der Waals surface area contributed by atoms with Crippen LogP contribution in [0.2, 0.25) is 0 Å². The van der Waals surface area contributed by atoms with Crippen molar-refractivity contribution in [2.45, 2.75) is 236 Å². The summed E-state index contributed by atoms with van der Waals surface area (Å²) in [5, 5.41) is 50.1. The Kier molecular flexibility index (Phi) is 32.3. The SMILES string of the molecule is C=CCCCCCCCCCCCCCCCC(=O)O[C@H](COC(=O)CCCCCCCCCCCCCCC)COP(=O)(O)OC1C(O)C(O)C(O)[C@@H](O)C1O. The van der Waals surface area contributed by atoms with Crippen LogP contribution >= 0.6 is 7.82 Å². The fraction of sp³-hybridized carbons (Fsp3) is 0.907. The maximum Gasteiger partial charge on any atom is 0.472 e. The lowest BCUT2D eigenvalue weighted by atomic mass is 9.85. The van der Waals surface area contributed by atoms with E-state index in [4.69, 9.17) is 18.5 Å². The molecule has 14 heteroatoms. The Balaban J connectivity index is 2.46. The maximum atomic E-state index is 12.8. The number of phosphoric ester groups is 1. The van der Waals surface area contributed by atoms with Crippen molar-refractivity contribution in [2.75, 3.05) is 13.2 Å². The van der Waals surface area contributed by atoms with Gasteiger partial charge in [0.15, 0.2) is 6.10 Å². The molecule has 6 N–H and O–H groups in total. The molecule has 1 aliphatic carbocycles. The van der Waals surface area contributed by atoms with Crippen molar-refractivity contribution >= 4 is 19.8 Å². The first-order valence-corrected chi connectivity index (χ1v) is 23.9. The normalized spacial score (nSPS) is 22.5. The summed E-state index contributed by atoms with van der Waals surface area (Å²) >= 11 is 0. The summed E-state index contributed by atoms with van der Waals surface area (Å²) in [6.07, 6.45) is 20.2. The summed E-state index contributed by atoms with van der Waals surface area (Å²) in [5.74, 6) is -1.09. The summed E-state index contributed by atoms with van der Waals surface area (Å²) in [4.78, 5) is 35.6.